The van der Waals surface area contributed by atoms with Gasteiger partial charge in [0.25, 0.3) is 11.1 Å². The zero-order chi connectivity index (χ0) is 19.4. The van der Waals surface area contributed by atoms with Gasteiger partial charge in [0.15, 0.2) is 17.6 Å². The van der Waals surface area contributed by atoms with Crippen LogP contribution in [0.15, 0.2) is 35.8 Å². The number of ether oxygens (including phenoxy) is 2. The highest BCUT2D eigenvalue weighted by Crippen LogP contribution is 2.38. The molecule has 8 heteroatoms. The van der Waals surface area contributed by atoms with E-state index in [4.69, 9.17) is 14.6 Å². The number of nitrogens with zero attached hydrogens (tertiary/aromatic N) is 1. The molecule has 1 N–H and O–H groups in total. The lowest BCUT2D eigenvalue weighted by molar-refractivity contribution is -0.144. The largest absolute Gasteiger partial charge is 0.493 e. The first-order valence-electron chi connectivity index (χ1n) is 7.76. The minimum Gasteiger partial charge on any atom is -0.493 e. The van der Waals surface area contributed by atoms with Crippen molar-refractivity contribution >= 4 is 35.0 Å². The summed E-state index contributed by atoms with van der Waals surface area (Å²) in [5.41, 5.74) is 0.439. The lowest BCUT2D eigenvalue weighted by atomic mass is 10.1. The van der Waals surface area contributed by atoms with Crippen LogP contribution in [-0.4, -0.2) is 46.4 Å². The highest BCUT2D eigenvalue weighted by atomic mass is 32.2. The molecule has 0 radical (unpaired) electrons. The number of carbonyl (C=O) groups excluding carboxylic acids is 2. The highest BCUT2D eigenvalue weighted by molar-refractivity contribution is 8.18. The van der Waals surface area contributed by atoms with Crippen molar-refractivity contribution in [1.29, 1.82) is 0 Å². The minimum atomic E-state index is -1.14. The molecule has 2 atom stereocenters. The van der Waals surface area contributed by atoms with Gasteiger partial charge in [-0.25, -0.2) is 4.79 Å². The Balaban J connectivity index is 2.44. The van der Waals surface area contributed by atoms with Crippen molar-refractivity contribution in [3.05, 3.63) is 41.3 Å². The molecule has 1 saturated heterocycles. The summed E-state index contributed by atoms with van der Waals surface area (Å²) in [5.74, 6) is -1.06. The molecule has 2 amide bonds. The van der Waals surface area contributed by atoms with Crippen LogP contribution in [0.4, 0.5) is 4.79 Å². The van der Waals surface area contributed by atoms with E-state index in [1.807, 2.05) is 0 Å². The molecular formula is C18H19NO6S. The number of thioether (sulfide) groups is 1. The van der Waals surface area contributed by atoms with Gasteiger partial charge in [-0.2, -0.15) is 0 Å². The molecule has 1 aromatic rings. The van der Waals surface area contributed by atoms with Gasteiger partial charge in [0.05, 0.1) is 18.1 Å². The van der Waals surface area contributed by atoms with Crippen molar-refractivity contribution in [1.82, 2.24) is 4.90 Å². The van der Waals surface area contributed by atoms with Crippen LogP contribution in [0.25, 0.3) is 6.08 Å². The number of rotatable bonds is 7. The molecule has 0 spiro atoms. The molecule has 1 fully saturated rings. The van der Waals surface area contributed by atoms with Gasteiger partial charge in [0.2, 0.25) is 0 Å². The van der Waals surface area contributed by atoms with Crippen LogP contribution in [0, 0.1) is 0 Å². The second-order valence-electron chi connectivity index (χ2n) is 5.50. The van der Waals surface area contributed by atoms with Crippen LogP contribution in [0.3, 0.4) is 0 Å². The first-order valence-corrected chi connectivity index (χ1v) is 8.57. The molecular weight excluding hydrogens is 358 g/mol. The maximum Gasteiger partial charge on any atom is 0.344 e. The van der Waals surface area contributed by atoms with Crippen LogP contribution in [0.5, 0.6) is 11.5 Å². The number of carboxylic acids is 1. The van der Waals surface area contributed by atoms with E-state index in [9.17, 15) is 14.4 Å². The van der Waals surface area contributed by atoms with Gasteiger partial charge in [0.1, 0.15) is 0 Å². The number of aliphatic carboxylic acids is 1. The lowest BCUT2D eigenvalue weighted by Crippen LogP contribution is -2.35. The second kappa shape index (κ2) is 8.09. The van der Waals surface area contributed by atoms with Crippen LogP contribution < -0.4 is 9.47 Å². The summed E-state index contributed by atoms with van der Waals surface area (Å²) in [6.07, 6.45) is 1.88. The number of amides is 2. The van der Waals surface area contributed by atoms with Gasteiger partial charge in [-0.05, 0) is 37.8 Å². The number of methoxy groups -OCH3 is 1. The molecule has 0 aliphatic carbocycles. The summed E-state index contributed by atoms with van der Waals surface area (Å²) in [6.45, 7) is 6.68. The Morgan fingerprint density at radius 2 is 2.04 bits per heavy atom. The lowest BCUT2D eigenvalue weighted by Gasteiger charge is -2.17. The van der Waals surface area contributed by atoms with Gasteiger partial charge >= 0.3 is 5.97 Å². The Morgan fingerprint density at radius 1 is 1.35 bits per heavy atom. The SMILES string of the molecule is C=C[C@@H](C)N1C(=O)S/C(=C\c2cccc(OC)c2O[C@H](C)C(=O)O)C1=O. The summed E-state index contributed by atoms with van der Waals surface area (Å²) in [7, 11) is 1.43. The van der Waals surface area contributed by atoms with Crippen LogP contribution in [0.2, 0.25) is 0 Å². The van der Waals surface area contributed by atoms with Gasteiger partial charge in [0, 0.05) is 5.56 Å². The molecule has 138 valence electrons. The zero-order valence-electron chi connectivity index (χ0n) is 14.6. The number of hydrogen-bond acceptors (Lipinski definition) is 6. The third-order valence-electron chi connectivity index (χ3n) is 3.73. The van der Waals surface area contributed by atoms with Crippen LogP contribution in [0.1, 0.15) is 19.4 Å². The molecule has 1 aromatic carbocycles. The average Bonchev–Trinajstić information content (AvgIpc) is 2.89. The molecule has 1 aliphatic heterocycles. The molecule has 7 nitrogen and oxygen atoms in total. The summed E-state index contributed by atoms with van der Waals surface area (Å²) < 4.78 is 10.7. The quantitative estimate of drug-likeness (QED) is 0.576. The summed E-state index contributed by atoms with van der Waals surface area (Å²) >= 11 is 0.806. The maximum atomic E-state index is 12.5. The average molecular weight is 377 g/mol. The van der Waals surface area contributed by atoms with E-state index in [0.717, 1.165) is 16.7 Å². The van der Waals surface area contributed by atoms with Gasteiger partial charge < -0.3 is 14.6 Å². The van der Waals surface area contributed by atoms with Gasteiger partial charge in [-0.15, -0.1) is 6.58 Å². The standard InChI is InChI=1S/C18H19NO6S/c1-5-10(2)19-16(20)14(26-18(19)23)9-12-7-6-8-13(24-4)15(12)25-11(3)17(21)22/h5-11H,1H2,2-4H3,(H,21,22)/b14-9-/t10-,11-/m1/s1. The Labute approximate surface area is 155 Å². The summed E-state index contributed by atoms with van der Waals surface area (Å²) in [5, 5.41) is 8.69. The minimum absolute atomic E-state index is 0.188. The Bertz CT molecular complexity index is 788. The Hall–Kier alpha value is -2.74. The van der Waals surface area contributed by atoms with Crippen molar-refractivity contribution in [2.45, 2.75) is 26.0 Å². The predicted molar refractivity (Wildman–Crippen MR) is 98.2 cm³/mol. The van der Waals surface area contributed by atoms with Gasteiger partial charge in [-0.3, -0.25) is 14.5 Å². The van der Waals surface area contributed by atoms with Crippen molar-refractivity contribution in [3.63, 3.8) is 0 Å². The molecule has 26 heavy (non-hydrogen) atoms. The van der Waals surface area contributed by atoms with Crippen molar-refractivity contribution in [3.8, 4) is 11.5 Å². The van der Waals surface area contributed by atoms with E-state index in [1.165, 1.54) is 26.2 Å². The predicted octanol–water partition coefficient (Wildman–Crippen LogP) is 3.16. The number of carbonyl (C=O) groups is 3. The normalized spacial score (nSPS) is 18.0. The number of hydrogen-bond donors (Lipinski definition) is 1. The van der Waals surface area contributed by atoms with Crippen LogP contribution in [-0.2, 0) is 9.59 Å². The highest BCUT2D eigenvalue weighted by Gasteiger charge is 2.37. The fourth-order valence-corrected chi connectivity index (χ4v) is 3.15. The van der Waals surface area contributed by atoms with E-state index in [1.54, 1.807) is 25.1 Å². The number of benzene rings is 1. The van der Waals surface area contributed by atoms with E-state index >= 15 is 0 Å². The Kier molecular flexibility index (Phi) is 6.10. The molecule has 1 heterocycles. The van der Waals surface area contributed by atoms with E-state index in [2.05, 4.69) is 6.58 Å². The second-order valence-corrected chi connectivity index (χ2v) is 6.50. The number of imide groups is 1. The van der Waals surface area contributed by atoms with E-state index in [0.29, 0.717) is 11.3 Å². The van der Waals surface area contributed by atoms with Crippen molar-refractivity contribution in [2.24, 2.45) is 0 Å². The Morgan fingerprint density at radius 3 is 2.62 bits per heavy atom. The smallest absolute Gasteiger partial charge is 0.344 e. The first kappa shape index (κ1) is 19.6. The molecule has 0 saturated carbocycles. The van der Waals surface area contributed by atoms with Crippen molar-refractivity contribution < 1.29 is 29.0 Å². The van der Waals surface area contributed by atoms with Gasteiger partial charge in [-0.1, -0.05) is 18.2 Å². The fourth-order valence-electron chi connectivity index (χ4n) is 2.24. The zero-order valence-corrected chi connectivity index (χ0v) is 15.4. The summed E-state index contributed by atoms with van der Waals surface area (Å²) in [6, 6.07) is 4.52. The molecule has 1 aliphatic rings. The van der Waals surface area contributed by atoms with E-state index < -0.39 is 29.3 Å². The topological polar surface area (TPSA) is 93.1 Å². The number of para-hydroxylation sites is 1. The molecule has 0 unspecified atom stereocenters. The third-order valence-corrected chi connectivity index (χ3v) is 4.61. The van der Waals surface area contributed by atoms with Crippen LogP contribution >= 0.6 is 11.8 Å². The summed E-state index contributed by atoms with van der Waals surface area (Å²) in [4.78, 5) is 37.1. The van der Waals surface area contributed by atoms with E-state index in [-0.39, 0.29) is 10.7 Å². The number of carboxylic acid groups (broad SMARTS) is 1. The molecule has 2 rings (SSSR count). The van der Waals surface area contributed by atoms with Crippen molar-refractivity contribution in [2.75, 3.05) is 7.11 Å². The third kappa shape index (κ3) is 3.91. The molecule has 0 bridgehead atoms. The maximum absolute atomic E-state index is 12.5. The fraction of sp³-hybridized carbons (Fsp3) is 0.278. The molecule has 0 aromatic heterocycles. The monoisotopic (exact) mass is 377 g/mol. The first-order chi connectivity index (χ1) is 12.3.